The van der Waals surface area contributed by atoms with E-state index in [9.17, 15) is 14.4 Å². The smallest absolute Gasteiger partial charge is 0.326 e. The van der Waals surface area contributed by atoms with Crippen molar-refractivity contribution >= 4 is 17.7 Å². The third-order valence-corrected chi connectivity index (χ3v) is 3.51. The topological polar surface area (TPSA) is 86.7 Å². The summed E-state index contributed by atoms with van der Waals surface area (Å²) in [6.07, 6.45) is 0.925. The molecule has 0 bridgehead atoms. The number of aliphatic carboxylic acids is 1. The normalized spacial score (nSPS) is 20.1. The van der Waals surface area contributed by atoms with E-state index in [1.54, 1.807) is 20.8 Å². The molecule has 1 saturated heterocycles. The van der Waals surface area contributed by atoms with Gasteiger partial charge in [0.1, 0.15) is 11.8 Å². The van der Waals surface area contributed by atoms with Crippen LogP contribution in [0.25, 0.3) is 0 Å². The molecule has 2 N–H and O–H groups in total. The largest absolute Gasteiger partial charge is 0.480 e. The first-order valence-corrected chi connectivity index (χ1v) is 6.62. The van der Waals surface area contributed by atoms with E-state index in [1.165, 1.54) is 0 Å². The number of amides is 1. The number of nitrogens with zero attached hydrogens (tertiary/aromatic N) is 1. The zero-order valence-electron chi connectivity index (χ0n) is 11.7. The van der Waals surface area contributed by atoms with Crippen LogP contribution in [0.4, 0.5) is 0 Å². The van der Waals surface area contributed by atoms with E-state index in [-0.39, 0.29) is 17.6 Å². The van der Waals surface area contributed by atoms with Gasteiger partial charge in [-0.3, -0.25) is 14.5 Å². The van der Waals surface area contributed by atoms with Gasteiger partial charge in [-0.1, -0.05) is 13.8 Å². The van der Waals surface area contributed by atoms with Gasteiger partial charge in [-0.05, 0) is 12.8 Å². The Balaban J connectivity index is 2.56. The zero-order valence-corrected chi connectivity index (χ0v) is 11.7. The maximum atomic E-state index is 12.0. The van der Waals surface area contributed by atoms with E-state index in [4.69, 9.17) is 5.11 Å². The Morgan fingerprint density at radius 1 is 1.21 bits per heavy atom. The quantitative estimate of drug-likeness (QED) is 0.748. The SMILES string of the molecule is CC(C)C(NC(=O)C(C)N1CCC(=O)CC1)C(=O)O. The number of hydrogen-bond acceptors (Lipinski definition) is 4. The van der Waals surface area contributed by atoms with Gasteiger partial charge in [-0.25, -0.2) is 4.79 Å². The lowest BCUT2D eigenvalue weighted by atomic mass is 10.0. The van der Waals surface area contributed by atoms with Gasteiger partial charge in [-0.2, -0.15) is 0 Å². The summed E-state index contributed by atoms with van der Waals surface area (Å²) in [4.78, 5) is 36.2. The van der Waals surface area contributed by atoms with Crippen LogP contribution in [-0.2, 0) is 14.4 Å². The van der Waals surface area contributed by atoms with Crippen LogP contribution in [0.15, 0.2) is 0 Å². The van der Waals surface area contributed by atoms with Crippen LogP contribution in [-0.4, -0.2) is 52.8 Å². The van der Waals surface area contributed by atoms with Gasteiger partial charge in [0.15, 0.2) is 0 Å². The number of ketones is 1. The summed E-state index contributed by atoms with van der Waals surface area (Å²) in [5.41, 5.74) is 0. The number of nitrogens with one attached hydrogen (secondary N) is 1. The molecule has 0 aromatic rings. The van der Waals surface area contributed by atoms with E-state index >= 15 is 0 Å². The predicted octanol–water partition coefficient (Wildman–Crippen LogP) is 0.265. The molecule has 0 aromatic carbocycles. The van der Waals surface area contributed by atoms with Crippen molar-refractivity contribution in [3.63, 3.8) is 0 Å². The molecule has 1 heterocycles. The molecular weight excluding hydrogens is 248 g/mol. The zero-order chi connectivity index (χ0) is 14.6. The second kappa shape index (κ2) is 6.65. The fourth-order valence-electron chi connectivity index (χ4n) is 2.11. The van der Waals surface area contributed by atoms with Crippen LogP contribution in [0.2, 0.25) is 0 Å². The molecule has 108 valence electrons. The number of hydrogen-bond donors (Lipinski definition) is 2. The summed E-state index contributed by atoms with van der Waals surface area (Å²) in [5, 5.41) is 11.6. The van der Waals surface area contributed by atoms with Crippen molar-refractivity contribution in [1.29, 1.82) is 0 Å². The molecule has 6 heteroatoms. The maximum Gasteiger partial charge on any atom is 0.326 e. The second-order valence-electron chi connectivity index (χ2n) is 5.32. The summed E-state index contributed by atoms with van der Waals surface area (Å²) >= 11 is 0. The highest BCUT2D eigenvalue weighted by molar-refractivity contribution is 5.87. The van der Waals surface area contributed by atoms with Crippen LogP contribution in [0.5, 0.6) is 0 Å². The summed E-state index contributed by atoms with van der Waals surface area (Å²) in [7, 11) is 0. The number of carbonyl (C=O) groups is 3. The molecule has 2 atom stereocenters. The minimum atomic E-state index is -1.02. The fourth-order valence-corrected chi connectivity index (χ4v) is 2.11. The van der Waals surface area contributed by atoms with E-state index in [2.05, 4.69) is 5.32 Å². The number of rotatable bonds is 5. The Hall–Kier alpha value is -1.43. The third-order valence-electron chi connectivity index (χ3n) is 3.51. The Kier molecular flexibility index (Phi) is 5.47. The van der Waals surface area contributed by atoms with Gasteiger partial charge in [-0.15, -0.1) is 0 Å². The molecule has 2 unspecified atom stereocenters. The Bertz CT molecular complexity index is 358. The van der Waals surface area contributed by atoms with Gasteiger partial charge < -0.3 is 10.4 Å². The van der Waals surface area contributed by atoms with E-state index in [1.807, 2.05) is 4.90 Å². The molecule has 6 nitrogen and oxygen atoms in total. The number of piperidine rings is 1. The lowest BCUT2D eigenvalue weighted by molar-refractivity contribution is -0.144. The second-order valence-corrected chi connectivity index (χ2v) is 5.32. The Labute approximate surface area is 113 Å². The third kappa shape index (κ3) is 4.31. The lowest BCUT2D eigenvalue weighted by Gasteiger charge is -2.31. The van der Waals surface area contributed by atoms with E-state index in [0.717, 1.165) is 0 Å². The van der Waals surface area contributed by atoms with Gasteiger partial charge in [0.2, 0.25) is 5.91 Å². The van der Waals surface area contributed by atoms with Crippen LogP contribution < -0.4 is 5.32 Å². The highest BCUT2D eigenvalue weighted by Gasteiger charge is 2.29. The van der Waals surface area contributed by atoms with Crippen LogP contribution in [0, 0.1) is 5.92 Å². The Morgan fingerprint density at radius 2 is 1.74 bits per heavy atom. The molecule has 1 fully saturated rings. The summed E-state index contributed by atoms with van der Waals surface area (Å²) < 4.78 is 0. The number of Topliss-reactive ketones (excluding diaryl/α,β-unsaturated/α-hetero) is 1. The summed E-state index contributed by atoms with van der Waals surface area (Å²) in [5.74, 6) is -1.27. The molecule has 0 aliphatic carbocycles. The highest BCUT2D eigenvalue weighted by atomic mass is 16.4. The van der Waals surface area contributed by atoms with Crippen LogP contribution >= 0.6 is 0 Å². The first kappa shape index (κ1) is 15.6. The van der Waals surface area contributed by atoms with Crippen molar-refractivity contribution in [3.8, 4) is 0 Å². The minimum Gasteiger partial charge on any atom is -0.480 e. The number of carboxylic acid groups (broad SMARTS) is 1. The number of likely N-dealkylation sites (tertiary alicyclic amines) is 1. The number of carbonyl (C=O) groups excluding carboxylic acids is 2. The number of carboxylic acids is 1. The molecule has 1 amide bonds. The van der Waals surface area contributed by atoms with Crippen LogP contribution in [0.3, 0.4) is 0 Å². The predicted molar refractivity (Wildman–Crippen MR) is 69.7 cm³/mol. The van der Waals surface area contributed by atoms with Crippen molar-refractivity contribution in [2.24, 2.45) is 5.92 Å². The molecule has 0 radical (unpaired) electrons. The monoisotopic (exact) mass is 270 g/mol. The van der Waals surface area contributed by atoms with Crippen molar-refractivity contribution in [2.75, 3.05) is 13.1 Å². The van der Waals surface area contributed by atoms with E-state index < -0.39 is 18.1 Å². The first-order valence-electron chi connectivity index (χ1n) is 6.62. The molecule has 0 aromatic heterocycles. The first-order chi connectivity index (χ1) is 8.82. The van der Waals surface area contributed by atoms with Crippen molar-refractivity contribution in [1.82, 2.24) is 10.2 Å². The Morgan fingerprint density at radius 3 is 2.16 bits per heavy atom. The van der Waals surface area contributed by atoms with Gasteiger partial charge in [0.05, 0.1) is 6.04 Å². The maximum absolute atomic E-state index is 12.0. The van der Waals surface area contributed by atoms with E-state index in [0.29, 0.717) is 25.9 Å². The molecule has 1 aliphatic rings. The average Bonchev–Trinajstić information content (AvgIpc) is 2.34. The molecule has 0 spiro atoms. The molecule has 1 aliphatic heterocycles. The average molecular weight is 270 g/mol. The highest BCUT2D eigenvalue weighted by Crippen LogP contribution is 2.11. The van der Waals surface area contributed by atoms with Gasteiger partial charge in [0, 0.05) is 25.9 Å². The fraction of sp³-hybridized carbons (Fsp3) is 0.769. The minimum absolute atomic E-state index is 0.170. The molecule has 0 saturated carbocycles. The lowest BCUT2D eigenvalue weighted by Crippen LogP contribution is -2.53. The van der Waals surface area contributed by atoms with Crippen molar-refractivity contribution < 1.29 is 19.5 Å². The van der Waals surface area contributed by atoms with Crippen LogP contribution in [0.1, 0.15) is 33.6 Å². The van der Waals surface area contributed by atoms with Gasteiger partial charge in [0.25, 0.3) is 0 Å². The molecular formula is C13H22N2O4. The summed E-state index contributed by atoms with van der Waals surface area (Å²) in [6, 6.07) is -1.28. The summed E-state index contributed by atoms with van der Waals surface area (Å²) in [6.45, 7) is 6.37. The van der Waals surface area contributed by atoms with Crippen molar-refractivity contribution in [3.05, 3.63) is 0 Å². The molecule has 19 heavy (non-hydrogen) atoms. The molecule has 1 rings (SSSR count). The standard InChI is InChI=1S/C13H22N2O4/c1-8(2)11(13(18)19)14-12(17)9(3)15-6-4-10(16)5-7-15/h8-9,11H,4-7H2,1-3H3,(H,14,17)(H,18,19). The van der Waals surface area contributed by atoms with Gasteiger partial charge >= 0.3 is 5.97 Å². The van der Waals surface area contributed by atoms with Crippen molar-refractivity contribution in [2.45, 2.75) is 45.7 Å².